The maximum Gasteiger partial charge on any atom is 0.231 e. The molecule has 2 aromatic rings. The van der Waals surface area contributed by atoms with Crippen LogP contribution in [0.3, 0.4) is 0 Å². The Morgan fingerprint density at radius 3 is 2.96 bits per heavy atom. The SMILES string of the molecule is N#C/C=C1\CC[C@H](c2ccc(NC(=O)Cc3ccccn3)nn2)C1. The van der Waals surface area contributed by atoms with E-state index >= 15 is 0 Å². The first-order valence-electron chi connectivity index (χ1n) is 7.85. The minimum absolute atomic E-state index is 0.171. The molecule has 1 aliphatic rings. The number of nitrogens with one attached hydrogen (secondary N) is 1. The summed E-state index contributed by atoms with van der Waals surface area (Å²) in [5.41, 5.74) is 2.78. The quantitative estimate of drug-likeness (QED) is 0.875. The number of carbonyl (C=O) groups is 1. The monoisotopic (exact) mass is 319 g/mol. The fourth-order valence-corrected chi connectivity index (χ4v) is 2.84. The number of hydrogen-bond donors (Lipinski definition) is 1. The second-order valence-electron chi connectivity index (χ2n) is 5.76. The second kappa shape index (κ2) is 7.47. The van der Waals surface area contributed by atoms with Crippen LogP contribution in [-0.4, -0.2) is 21.1 Å². The van der Waals surface area contributed by atoms with E-state index in [2.05, 4.69) is 26.6 Å². The number of rotatable bonds is 4. The predicted octanol–water partition coefficient (Wildman–Crippen LogP) is 2.77. The number of nitrogens with zero attached hydrogens (tertiary/aromatic N) is 4. The molecule has 1 atom stereocenters. The fourth-order valence-electron chi connectivity index (χ4n) is 2.84. The average Bonchev–Trinajstić information content (AvgIpc) is 3.05. The Kier molecular flexibility index (Phi) is 4.92. The van der Waals surface area contributed by atoms with Gasteiger partial charge in [-0.25, -0.2) is 0 Å². The standard InChI is InChI=1S/C18H17N5O/c19-9-8-13-4-5-14(11-13)16-6-7-17(23-22-16)21-18(24)12-15-3-1-2-10-20-15/h1-3,6-8,10,14H,4-5,11-12H2,(H,21,23,24)/b13-8+/t14-/m0/s1. The van der Waals surface area contributed by atoms with Crippen LogP contribution in [0, 0.1) is 11.3 Å². The van der Waals surface area contributed by atoms with Gasteiger partial charge >= 0.3 is 0 Å². The summed E-state index contributed by atoms with van der Waals surface area (Å²) >= 11 is 0. The van der Waals surface area contributed by atoms with Crippen LogP contribution in [0.5, 0.6) is 0 Å². The highest BCUT2D eigenvalue weighted by Gasteiger charge is 2.22. The van der Waals surface area contributed by atoms with Gasteiger partial charge in [0.05, 0.1) is 18.2 Å². The van der Waals surface area contributed by atoms with Crippen LogP contribution in [0.1, 0.15) is 36.6 Å². The minimum Gasteiger partial charge on any atom is -0.309 e. The summed E-state index contributed by atoms with van der Waals surface area (Å²) < 4.78 is 0. The van der Waals surface area contributed by atoms with Gasteiger partial charge in [0, 0.05) is 23.9 Å². The number of nitriles is 1. The highest BCUT2D eigenvalue weighted by Crippen LogP contribution is 2.36. The molecule has 1 N–H and O–H groups in total. The Hall–Kier alpha value is -3.07. The molecule has 0 aliphatic heterocycles. The van der Waals surface area contributed by atoms with Crippen molar-refractivity contribution in [1.29, 1.82) is 5.26 Å². The number of allylic oxidation sites excluding steroid dienone is 2. The van der Waals surface area contributed by atoms with Crippen LogP contribution in [0.15, 0.2) is 48.2 Å². The molecule has 24 heavy (non-hydrogen) atoms. The highest BCUT2D eigenvalue weighted by molar-refractivity contribution is 5.91. The van der Waals surface area contributed by atoms with E-state index in [1.165, 1.54) is 0 Å². The van der Waals surface area contributed by atoms with Gasteiger partial charge in [-0.2, -0.15) is 10.4 Å². The normalized spacial score (nSPS) is 18.3. The Bertz CT molecular complexity index is 777. The summed E-state index contributed by atoms with van der Waals surface area (Å²) in [6, 6.07) is 11.2. The van der Waals surface area contributed by atoms with Gasteiger partial charge in [-0.15, -0.1) is 5.10 Å². The van der Waals surface area contributed by atoms with Crippen LogP contribution < -0.4 is 5.32 Å². The molecular weight excluding hydrogens is 302 g/mol. The summed E-state index contributed by atoms with van der Waals surface area (Å²) in [6.07, 6.45) is 6.26. The largest absolute Gasteiger partial charge is 0.309 e. The Morgan fingerprint density at radius 1 is 1.33 bits per heavy atom. The van der Waals surface area contributed by atoms with E-state index in [0.29, 0.717) is 17.4 Å². The highest BCUT2D eigenvalue weighted by atomic mass is 16.1. The molecule has 1 aliphatic carbocycles. The molecular formula is C18H17N5O. The first-order valence-corrected chi connectivity index (χ1v) is 7.85. The van der Waals surface area contributed by atoms with Crippen LogP contribution >= 0.6 is 0 Å². The molecule has 0 bridgehead atoms. The van der Waals surface area contributed by atoms with E-state index < -0.39 is 0 Å². The van der Waals surface area contributed by atoms with Gasteiger partial charge in [0.15, 0.2) is 5.82 Å². The molecule has 1 saturated carbocycles. The van der Waals surface area contributed by atoms with Crippen LogP contribution in [0.4, 0.5) is 5.82 Å². The van der Waals surface area contributed by atoms with Crippen LogP contribution in [0.25, 0.3) is 0 Å². The van der Waals surface area contributed by atoms with Crippen molar-refractivity contribution >= 4 is 11.7 Å². The molecule has 0 spiro atoms. The van der Waals surface area contributed by atoms with Gasteiger partial charge in [0.25, 0.3) is 0 Å². The third kappa shape index (κ3) is 4.02. The zero-order chi connectivity index (χ0) is 16.8. The van der Waals surface area contributed by atoms with Crippen LogP contribution in [0.2, 0.25) is 0 Å². The van der Waals surface area contributed by atoms with Gasteiger partial charge < -0.3 is 5.32 Å². The van der Waals surface area contributed by atoms with Gasteiger partial charge in [0.1, 0.15) is 0 Å². The Labute approximate surface area is 140 Å². The molecule has 0 aromatic carbocycles. The third-order valence-electron chi connectivity index (χ3n) is 4.03. The molecule has 1 amide bonds. The van der Waals surface area contributed by atoms with E-state index in [1.54, 1.807) is 24.4 Å². The fraction of sp³-hybridized carbons (Fsp3) is 0.278. The van der Waals surface area contributed by atoms with Crippen molar-refractivity contribution in [1.82, 2.24) is 15.2 Å². The molecule has 3 rings (SSSR count). The van der Waals surface area contributed by atoms with Crippen molar-refractivity contribution in [2.24, 2.45) is 0 Å². The third-order valence-corrected chi connectivity index (χ3v) is 4.03. The number of pyridine rings is 1. The zero-order valence-electron chi connectivity index (χ0n) is 13.1. The smallest absolute Gasteiger partial charge is 0.231 e. The van der Waals surface area contributed by atoms with Crippen molar-refractivity contribution in [3.8, 4) is 6.07 Å². The predicted molar refractivity (Wildman–Crippen MR) is 88.9 cm³/mol. The van der Waals surface area contributed by atoms with E-state index in [-0.39, 0.29) is 12.3 Å². The van der Waals surface area contributed by atoms with Crippen LogP contribution in [-0.2, 0) is 11.2 Å². The van der Waals surface area contributed by atoms with Gasteiger partial charge in [-0.3, -0.25) is 9.78 Å². The topological polar surface area (TPSA) is 91.6 Å². The summed E-state index contributed by atoms with van der Waals surface area (Å²) in [7, 11) is 0. The maximum atomic E-state index is 12.0. The first-order chi connectivity index (χ1) is 11.7. The number of hydrogen-bond acceptors (Lipinski definition) is 5. The van der Waals surface area contributed by atoms with Gasteiger partial charge in [-0.05, 0) is 43.5 Å². The van der Waals surface area contributed by atoms with Crippen molar-refractivity contribution in [3.63, 3.8) is 0 Å². The Balaban J connectivity index is 1.58. The van der Waals surface area contributed by atoms with Gasteiger partial charge in [0.2, 0.25) is 5.91 Å². The zero-order valence-corrected chi connectivity index (χ0v) is 13.1. The van der Waals surface area contributed by atoms with E-state index in [4.69, 9.17) is 5.26 Å². The van der Waals surface area contributed by atoms with Gasteiger partial charge in [-0.1, -0.05) is 11.6 Å². The number of anilines is 1. The lowest BCUT2D eigenvalue weighted by molar-refractivity contribution is -0.115. The number of carbonyl (C=O) groups excluding carboxylic acids is 1. The Morgan fingerprint density at radius 2 is 2.25 bits per heavy atom. The summed E-state index contributed by atoms with van der Waals surface area (Å²) in [5, 5.41) is 19.8. The molecule has 0 unspecified atom stereocenters. The minimum atomic E-state index is -0.171. The lowest BCUT2D eigenvalue weighted by Gasteiger charge is -2.08. The second-order valence-corrected chi connectivity index (χ2v) is 5.76. The molecule has 1 fully saturated rings. The summed E-state index contributed by atoms with van der Waals surface area (Å²) in [5.74, 6) is 0.566. The van der Waals surface area contributed by atoms with Crippen molar-refractivity contribution in [2.75, 3.05) is 5.32 Å². The number of amides is 1. The molecule has 2 heterocycles. The summed E-state index contributed by atoms with van der Waals surface area (Å²) in [4.78, 5) is 16.1. The number of aromatic nitrogens is 3. The molecule has 0 radical (unpaired) electrons. The first kappa shape index (κ1) is 15.8. The summed E-state index contributed by atoms with van der Waals surface area (Å²) in [6.45, 7) is 0. The molecule has 120 valence electrons. The van der Waals surface area contributed by atoms with E-state index in [1.807, 2.05) is 18.2 Å². The van der Waals surface area contributed by atoms with Crippen molar-refractivity contribution in [2.45, 2.75) is 31.6 Å². The average molecular weight is 319 g/mol. The lowest BCUT2D eigenvalue weighted by atomic mass is 10.0. The van der Waals surface area contributed by atoms with Crippen molar-refractivity contribution < 1.29 is 4.79 Å². The molecule has 0 saturated heterocycles. The molecule has 2 aromatic heterocycles. The van der Waals surface area contributed by atoms with Crippen molar-refractivity contribution in [3.05, 3.63) is 59.6 Å². The van der Waals surface area contributed by atoms with E-state index in [0.717, 1.165) is 30.5 Å². The van der Waals surface area contributed by atoms with E-state index in [9.17, 15) is 4.79 Å². The lowest BCUT2D eigenvalue weighted by Crippen LogP contribution is -2.16. The molecule has 6 nitrogen and oxygen atoms in total. The molecule has 6 heteroatoms. The maximum absolute atomic E-state index is 12.0.